The van der Waals surface area contributed by atoms with Gasteiger partial charge in [0, 0.05) is 144 Å². The van der Waals surface area contributed by atoms with Crippen molar-refractivity contribution >= 4 is 56.8 Å². The Balaban J connectivity index is 2.46. The summed E-state index contributed by atoms with van der Waals surface area (Å²) >= 11 is 0. The Bertz CT molecular complexity index is 3380. The second-order valence-corrected chi connectivity index (χ2v) is 61.9. The molecule has 4 bridgehead atoms. The predicted octanol–water partition coefficient (Wildman–Crippen LogP) is 21.5. The molecule has 24 nitrogen and oxygen atoms in total. The van der Waals surface area contributed by atoms with E-state index >= 15 is 9.59 Å². The molecule has 3 rings (SSSR count). The Kier molecular flexibility index (Phi) is 48.5. The molecule has 0 saturated carbocycles. The highest BCUT2D eigenvalue weighted by atomic mass is 28.4. The number of hydrogen-bond acceptors (Lipinski definition) is 24. The largest absolute Gasteiger partial charge is 0.462 e. The molecule has 2 N–H and O–H groups in total. The first-order chi connectivity index (χ1) is 58.3. The molecule has 2 aromatic rings. The van der Waals surface area contributed by atoms with E-state index in [9.17, 15) is 19.8 Å². The van der Waals surface area contributed by atoms with Crippen LogP contribution in [0.2, 0.25) is 72.5 Å². The minimum absolute atomic E-state index is 0.00962. The van der Waals surface area contributed by atoms with Gasteiger partial charge in [-0.15, -0.1) is 0 Å². The molecule has 0 fully saturated rings. The minimum Gasteiger partial charge on any atom is -0.462 e. The molecule has 3 heterocycles. The molecule has 728 valence electrons. The molecule has 18 atom stereocenters. The number of esters is 2. The molecule has 0 radical (unpaired) electrons. The van der Waals surface area contributed by atoms with Crippen LogP contribution in [0.3, 0.4) is 0 Å². The average Bonchev–Trinajstić information content (AvgIpc) is 1.18. The molecular formula is C98H178N2O22Si4. The molecule has 0 aliphatic carbocycles. The molecule has 2 aromatic heterocycles. The Morgan fingerprint density at radius 3 is 1.04 bits per heavy atom. The second kappa shape index (κ2) is 52.6. The number of aromatic nitrogens is 2. The van der Waals surface area contributed by atoms with E-state index in [0.717, 1.165) is 0 Å². The number of oxazole rings is 2. The van der Waals surface area contributed by atoms with Crippen LogP contribution in [-0.2, 0) is 97.1 Å². The lowest BCUT2D eigenvalue weighted by Crippen LogP contribution is -2.53. The topological polar surface area (TPSA) is 290 Å². The van der Waals surface area contributed by atoms with Crippen molar-refractivity contribution in [2.45, 2.75) is 412 Å². The maximum atomic E-state index is 15.5. The fourth-order valence-electron chi connectivity index (χ4n) is 15.1. The zero-order chi connectivity index (χ0) is 96.0. The van der Waals surface area contributed by atoms with Gasteiger partial charge in [-0.25, -0.2) is 9.97 Å². The number of allylic oxidation sites excluding steroid dienone is 4. The quantitative estimate of drug-likeness (QED) is 0.0466. The number of ether oxygens (including phenoxy) is 10. The summed E-state index contributed by atoms with van der Waals surface area (Å²) < 4.78 is 106. The Morgan fingerprint density at radius 1 is 0.452 bits per heavy atom. The van der Waals surface area contributed by atoms with Gasteiger partial charge in [0.2, 0.25) is 0 Å². The van der Waals surface area contributed by atoms with Crippen molar-refractivity contribution in [3.8, 4) is 0 Å². The van der Waals surface area contributed by atoms with Gasteiger partial charge in [0.15, 0.2) is 45.1 Å². The first kappa shape index (κ1) is 116. The first-order valence-corrected chi connectivity index (χ1v) is 58.1. The predicted molar refractivity (Wildman–Crippen MR) is 512 cm³/mol. The number of carbonyl (C=O) groups is 4. The molecule has 126 heavy (non-hydrogen) atoms. The summed E-state index contributed by atoms with van der Waals surface area (Å²) in [4.78, 5) is 69.3. The van der Waals surface area contributed by atoms with Crippen LogP contribution >= 0.6 is 0 Å². The number of ketones is 2. The third-order valence-corrected chi connectivity index (χ3v) is 46.7. The summed E-state index contributed by atoms with van der Waals surface area (Å²) in [6, 6.07) is 0. The van der Waals surface area contributed by atoms with Crippen molar-refractivity contribution in [1.82, 2.24) is 9.97 Å². The van der Waals surface area contributed by atoms with E-state index in [2.05, 4.69) is 177 Å². The summed E-state index contributed by atoms with van der Waals surface area (Å²) in [5.74, 6) is -1.07. The van der Waals surface area contributed by atoms with Crippen LogP contribution in [0.5, 0.6) is 0 Å². The molecule has 0 spiro atoms. The van der Waals surface area contributed by atoms with Crippen molar-refractivity contribution in [2.75, 3.05) is 70.1 Å². The van der Waals surface area contributed by atoms with E-state index < -0.39 is 129 Å². The summed E-state index contributed by atoms with van der Waals surface area (Å²) in [6.45, 7) is 60.1. The standard InChI is InChI=1S/C98H178N2O22Si4/c1-67(51-53-77(103)69(3)79(109-23)49-43-55-101)83(113-27)61-85-97(17,18)87(121-125(33,34)95(11,12)13)63-89-99-75(65-115-89)81(111-25)47-41-38-40-46-72(108-22)58-74(120-124(31,32)94(8,9)10)60-92(106)118-86(62-84(114-28)68(2)52-54-78(104)70(4)80(110-24)50-44-56-102)98(19,20)88(122-126(35,36)96(14,15)16)64-90-100-76(66-116-90)82(112-26)48-42-37-39-45-71(107-21)57-73(59-91(105)117-85)119-123(29,30)93(5,6)7/h37-42,45-46,65-74,79-88,101-102H,43-44,47-64H2,1-36H3/b41-38+,42-37+,45-39+,46-40+/t67-,68-,69-,70-,71-,72-,73-,74-,79+,80+,81-,82-,83-,84-,85-,86-,87-,88-/m0/s1. The van der Waals surface area contributed by atoms with Crippen LogP contribution < -0.4 is 0 Å². The number of cyclic esters (lactones) is 2. The lowest BCUT2D eigenvalue weighted by Gasteiger charge is -2.47. The zero-order valence-electron chi connectivity index (χ0n) is 85.3. The molecule has 0 saturated heterocycles. The molecule has 0 unspecified atom stereocenters. The molecule has 1 aliphatic heterocycles. The van der Waals surface area contributed by atoms with Gasteiger partial charge in [0.1, 0.15) is 59.9 Å². The highest BCUT2D eigenvalue weighted by Gasteiger charge is 2.52. The molecule has 0 amide bonds. The van der Waals surface area contributed by atoms with Gasteiger partial charge in [-0.05, 0) is 136 Å². The lowest BCUT2D eigenvalue weighted by atomic mass is 9.75. The third-order valence-electron chi connectivity index (χ3n) is 28.7. The van der Waals surface area contributed by atoms with Crippen molar-refractivity contribution in [1.29, 1.82) is 0 Å². The zero-order valence-corrected chi connectivity index (χ0v) is 89.3. The second-order valence-electron chi connectivity index (χ2n) is 42.9. The summed E-state index contributed by atoms with van der Waals surface area (Å²) in [6.07, 6.45) is 17.1. The third kappa shape index (κ3) is 36.4. The number of nitrogens with zero attached hydrogens (tertiary/aromatic N) is 2. The minimum atomic E-state index is -2.67. The lowest BCUT2D eigenvalue weighted by molar-refractivity contribution is -0.168. The molecule has 1 aliphatic rings. The monoisotopic (exact) mass is 1850 g/mol. The van der Waals surface area contributed by atoms with Crippen molar-refractivity contribution in [3.63, 3.8) is 0 Å². The Labute approximate surface area is 766 Å². The van der Waals surface area contributed by atoms with Crippen LogP contribution in [-0.4, -0.2) is 220 Å². The number of Topliss-reactive ketones (excluding diaryl/α,β-unsaturated/α-hetero) is 2. The number of rotatable bonds is 38. The molecule has 28 heteroatoms. The summed E-state index contributed by atoms with van der Waals surface area (Å²) in [5.41, 5.74) is -0.754. The van der Waals surface area contributed by atoms with E-state index in [0.29, 0.717) is 87.4 Å². The molecular weight excluding hydrogens is 1670 g/mol. The van der Waals surface area contributed by atoms with Gasteiger partial charge >= 0.3 is 11.9 Å². The number of aliphatic hydroxyl groups excluding tert-OH is 2. The number of methoxy groups -OCH3 is 8. The van der Waals surface area contributed by atoms with Gasteiger partial charge < -0.3 is 84.1 Å². The maximum absolute atomic E-state index is 15.5. The van der Waals surface area contributed by atoms with Crippen LogP contribution in [0.25, 0.3) is 0 Å². The van der Waals surface area contributed by atoms with Crippen molar-refractivity contribution in [2.24, 2.45) is 34.5 Å². The number of aliphatic hydroxyl groups is 2. The molecule has 0 aromatic carbocycles. The van der Waals surface area contributed by atoms with E-state index in [-0.39, 0.29) is 132 Å². The number of carbonyl (C=O) groups excluding carboxylic acids is 4. The normalized spacial score (nSPS) is 25.4. The van der Waals surface area contributed by atoms with E-state index in [4.69, 9.17) is 83.9 Å². The van der Waals surface area contributed by atoms with E-state index in [1.54, 1.807) is 69.4 Å². The van der Waals surface area contributed by atoms with E-state index in [1.165, 1.54) is 0 Å². The maximum Gasteiger partial charge on any atom is 0.308 e. The van der Waals surface area contributed by atoms with Crippen LogP contribution in [0.4, 0.5) is 0 Å². The van der Waals surface area contributed by atoms with Gasteiger partial charge in [-0.3, -0.25) is 19.2 Å². The smallest absolute Gasteiger partial charge is 0.308 e. The summed E-state index contributed by atoms with van der Waals surface area (Å²) in [7, 11) is 2.64. The van der Waals surface area contributed by atoms with Crippen molar-refractivity contribution in [3.05, 3.63) is 84.3 Å². The van der Waals surface area contributed by atoms with Crippen LogP contribution in [0, 0.1) is 34.5 Å². The Morgan fingerprint density at radius 2 is 0.762 bits per heavy atom. The summed E-state index contributed by atoms with van der Waals surface area (Å²) in [5, 5.41) is 18.3. The number of fused-ring (bicyclic) bond motifs is 4. The first-order valence-electron chi connectivity index (χ1n) is 46.5. The highest BCUT2D eigenvalue weighted by Crippen LogP contribution is 2.48. The van der Waals surface area contributed by atoms with Gasteiger partial charge in [-0.1, -0.05) is 187 Å². The van der Waals surface area contributed by atoms with E-state index in [1.807, 2.05) is 62.5 Å². The van der Waals surface area contributed by atoms with Crippen LogP contribution in [0.1, 0.15) is 277 Å². The van der Waals surface area contributed by atoms with Gasteiger partial charge in [0.05, 0.1) is 73.9 Å². The van der Waals surface area contributed by atoms with Gasteiger partial charge in [0.25, 0.3) is 0 Å². The van der Waals surface area contributed by atoms with Crippen molar-refractivity contribution < 1.29 is 103 Å². The van der Waals surface area contributed by atoms with Gasteiger partial charge in [-0.2, -0.15) is 0 Å². The SMILES string of the molecule is CO[C@H]1C/C=C/C=C/[C@H](OC)C[C@H](O[Si](C)(C)C(C)(C)C)CC(=O)O[C@@H](C[C@H](OC)[C@@H](C)CCC(=O)[C@H](C)[C@@H](CCCO)OC)C(C)(C)[C@@H](O[Si](C)(C)C(C)(C)C)Cc2nc(co2)[C@@H](OC)C/C=C/C=C/[C@H](OC)C[C@H](O[Si](C)(C)C(C)(C)C)CC(=O)O[C@@H](C[C@H](OC)[C@@H](C)CCC(=O)[C@H](C)[C@@H](CCCO)OC)C(C)(C)[C@@H](O[Si](C)(C)C(C)(C)C)Cc2nc1co2. The average molecular weight is 1850 g/mol. The van der Waals surface area contributed by atoms with Crippen LogP contribution in [0.15, 0.2) is 70.0 Å². The number of hydrogen-bond donors (Lipinski definition) is 2. The highest BCUT2D eigenvalue weighted by molar-refractivity contribution is 6.75. The Hall–Kier alpha value is -4.03. The fourth-order valence-corrected chi connectivity index (χ4v) is 20.7. The fraction of sp³-hybridized carbons (Fsp3) is 0.816.